The lowest BCUT2D eigenvalue weighted by Crippen LogP contribution is -2.30. The van der Waals surface area contributed by atoms with Crippen LogP contribution in [0.4, 0.5) is 0 Å². The molecule has 1 aromatic rings. The van der Waals surface area contributed by atoms with Crippen molar-refractivity contribution in [1.29, 1.82) is 0 Å². The van der Waals surface area contributed by atoms with E-state index in [1.807, 2.05) is 36.4 Å². The highest BCUT2D eigenvalue weighted by Gasteiger charge is 2.13. The molecule has 0 aliphatic carbocycles. The quantitative estimate of drug-likeness (QED) is 0.677. The normalized spacial score (nSPS) is 20.0. The van der Waals surface area contributed by atoms with Crippen LogP contribution < -0.4 is 5.32 Å². The van der Waals surface area contributed by atoms with Gasteiger partial charge in [0.2, 0.25) is 0 Å². The molecule has 1 aromatic carbocycles. The Morgan fingerprint density at radius 2 is 2.00 bits per heavy atom. The molecule has 0 saturated carbocycles. The standard InChI is InChI=1S/C12H13NO/c14-12-6-7-13-9-11(12)8-10-4-2-1-3-5-10/h1-5,8,13H,6-7,9H2. The van der Waals surface area contributed by atoms with E-state index in [0.717, 1.165) is 17.7 Å². The number of rotatable bonds is 1. The molecule has 2 rings (SSSR count). The summed E-state index contributed by atoms with van der Waals surface area (Å²) in [5, 5.41) is 3.20. The van der Waals surface area contributed by atoms with Crippen molar-refractivity contribution in [2.45, 2.75) is 6.42 Å². The molecule has 1 aliphatic rings. The minimum Gasteiger partial charge on any atom is -0.312 e. The van der Waals surface area contributed by atoms with Crippen LogP contribution in [0.1, 0.15) is 12.0 Å². The number of hydrogen-bond acceptors (Lipinski definition) is 2. The van der Waals surface area contributed by atoms with Gasteiger partial charge in [-0.2, -0.15) is 0 Å². The van der Waals surface area contributed by atoms with Gasteiger partial charge in [0.25, 0.3) is 0 Å². The molecule has 1 aliphatic heterocycles. The average molecular weight is 187 g/mol. The van der Waals surface area contributed by atoms with E-state index >= 15 is 0 Å². The number of ketones is 1. The molecule has 1 N–H and O–H groups in total. The van der Waals surface area contributed by atoms with Crippen molar-refractivity contribution in [1.82, 2.24) is 5.32 Å². The van der Waals surface area contributed by atoms with Crippen LogP contribution in [-0.4, -0.2) is 18.9 Å². The van der Waals surface area contributed by atoms with Crippen molar-refractivity contribution in [3.8, 4) is 0 Å². The third kappa shape index (κ3) is 2.09. The second-order valence-electron chi connectivity index (χ2n) is 3.43. The summed E-state index contributed by atoms with van der Waals surface area (Å²) < 4.78 is 0. The van der Waals surface area contributed by atoms with Gasteiger partial charge in [-0.1, -0.05) is 30.3 Å². The highest BCUT2D eigenvalue weighted by atomic mass is 16.1. The topological polar surface area (TPSA) is 29.1 Å². The van der Waals surface area contributed by atoms with Crippen LogP contribution in [0.2, 0.25) is 0 Å². The fourth-order valence-electron chi connectivity index (χ4n) is 1.57. The highest BCUT2D eigenvalue weighted by Crippen LogP contribution is 2.10. The van der Waals surface area contributed by atoms with Gasteiger partial charge in [-0.3, -0.25) is 4.79 Å². The SMILES string of the molecule is O=C1CCNCC1=Cc1ccccc1. The summed E-state index contributed by atoms with van der Waals surface area (Å²) in [6.07, 6.45) is 2.59. The molecular weight excluding hydrogens is 174 g/mol. The van der Waals surface area contributed by atoms with Gasteiger partial charge >= 0.3 is 0 Å². The summed E-state index contributed by atoms with van der Waals surface area (Å²) in [4.78, 5) is 11.5. The molecule has 72 valence electrons. The lowest BCUT2D eigenvalue weighted by molar-refractivity contribution is -0.116. The van der Waals surface area contributed by atoms with Crippen LogP contribution in [-0.2, 0) is 4.79 Å². The van der Waals surface area contributed by atoms with E-state index < -0.39 is 0 Å². The van der Waals surface area contributed by atoms with Crippen molar-refractivity contribution >= 4 is 11.9 Å². The van der Waals surface area contributed by atoms with Crippen LogP contribution >= 0.6 is 0 Å². The number of benzene rings is 1. The minimum absolute atomic E-state index is 0.271. The Morgan fingerprint density at radius 1 is 1.21 bits per heavy atom. The highest BCUT2D eigenvalue weighted by molar-refractivity contribution is 6.00. The first-order valence-electron chi connectivity index (χ1n) is 4.86. The lowest BCUT2D eigenvalue weighted by atomic mass is 10.0. The van der Waals surface area contributed by atoms with Crippen molar-refractivity contribution in [2.75, 3.05) is 13.1 Å². The maximum atomic E-state index is 11.5. The summed E-state index contributed by atoms with van der Waals surface area (Å²) in [5.41, 5.74) is 1.99. The third-order valence-corrected chi connectivity index (χ3v) is 2.34. The molecule has 0 aromatic heterocycles. The molecule has 0 unspecified atom stereocenters. The summed E-state index contributed by atoms with van der Waals surface area (Å²) in [6.45, 7) is 1.51. The molecule has 2 heteroatoms. The summed E-state index contributed by atoms with van der Waals surface area (Å²) in [5.74, 6) is 0.271. The van der Waals surface area contributed by atoms with E-state index in [4.69, 9.17) is 0 Å². The molecule has 0 bridgehead atoms. The molecule has 14 heavy (non-hydrogen) atoms. The van der Waals surface area contributed by atoms with Crippen molar-refractivity contribution < 1.29 is 4.79 Å². The Labute approximate surface area is 83.6 Å². The second-order valence-corrected chi connectivity index (χ2v) is 3.43. The van der Waals surface area contributed by atoms with Gasteiger partial charge in [0.1, 0.15) is 0 Å². The maximum Gasteiger partial charge on any atom is 0.161 e. The number of nitrogens with one attached hydrogen (secondary N) is 1. The summed E-state index contributed by atoms with van der Waals surface area (Å²) in [6, 6.07) is 9.95. The fraction of sp³-hybridized carbons (Fsp3) is 0.250. The van der Waals surface area contributed by atoms with E-state index in [1.165, 1.54) is 0 Å². The fourth-order valence-corrected chi connectivity index (χ4v) is 1.57. The van der Waals surface area contributed by atoms with Gasteiger partial charge in [0, 0.05) is 25.1 Å². The van der Waals surface area contributed by atoms with Gasteiger partial charge in [-0.25, -0.2) is 0 Å². The molecule has 0 atom stereocenters. The molecule has 2 nitrogen and oxygen atoms in total. The third-order valence-electron chi connectivity index (χ3n) is 2.34. The van der Waals surface area contributed by atoms with Crippen molar-refractivity contribution in [3.63, 3.8) is 0 Å². The Balaban J connectivity index is 2.21. The summed E-state index contributed by atoms with van der Waals surface area (Å²) in [7, 11) is 0. The van der Waals surface area contributed by atoms with E-state index in [1.54, 1.807) is 0 Å². The van der Waals surface area contributed by atoms with Gasteiger partial charge in [0.15, 0.2) is 5.78 Å². The summed E-state index contributed by atoms with van der Waals surface area (Å²) >= 11 is 0. The Morgan fingerprint density at radius 3 is 2.71 bits per heavy atom. The number of carbonyl (C=O) groups excluding carboxylic acids is 1. The number of piperidine rings is 1. The number of hydrogen-bond donors (Lipinski definition) is 1. The van der Waals surface area contributed by atoms with Gasteiger partial charge in [-0.15, -0.1) is 0 Å². The van der Waals surface area contributed by atoms with Crippen LogP contribution in [0.25, 0.3) is 6.08 Å². The van der Waals surface area contributed by atoms with Gasteiger partial charge < -0.3 is 5.32 Å². The molecule has 0 radical (unpaired) electrons. The Kier molecular flexibility index (Phi) is 2.75. The average Bonchev–Trinajstić information content (AvgIpc) is 2.23. The van der Waals surface area contributed by atoms with E-state index in [2.05, 4.69) is 5.32 Å². The molecule has 0 amide bonds. The maximum absolute atomic E-state index is 11.5. The first kappa shape index (κ1) is 9.16. The van der Waals surface area contributed by atoms with Gasteiger partial charge in [0.05, 0.1) is 0 Å². The van der Waals surface area contributed by atoms with Crippen LogP contribution in [0.5, 0.6) is 0 Å². The smallest absolute Gasteiger partial charge is 0.161 e. The van der Waals surface area contributed by atoms with E-state index in [-0.39, 0.29) is 5.78 Å². The van der Waals surface area contributed by atoms with Crippen LogP contribution in [0.3, 0.4) is 0 Å². The minimum atomic E-state index is 0.271. The van der Waals surface area contributed by atoms with E-state index in [9.17, 15) is 4.79 Å². The monoisotopic (exact) mass is 187 g/mol. The zero-order chi connectivity index (χ0) is 9.80. The Bertz CT molecular complexity index is 354. The van der Waals surface area contributed by atoms with Crippen LogP contribution in [0, 0.1) is 0 Å². The molecule has 0 spiro atoms. The zero-order valence-corrected chi connectivity index (χ0v) is 7.99. The number of carbonyl (C=O) groups is 1. The predicted molar refractivity (Wildman–Crippen MR) is 56.9 cm³/mol. The molecule has 1 fully saturated rings. The lowest BCUT2D eigenvalue weighted by Gasteiger charge is -2.13. The molecule has 1 heterocycles. The Hall–Kier alpha value is -1.41. The van der Waals surface area contributed by atoms with Crippen molar-refractivity contribution in [2.24, 2.45) is 0 Å². The first-order chi connectivity index (χ1) is 6.86. The first-order valence-corrected chi connectivity index (χ1v) is 4.86. The molecular formula is C12H13NO. The van der Waals surface area contributed by atoms with E-state index in [0.29, 0.717) is 13.0 Å². The predicted octanol–water partition coefficient (Wildman–Crippen LogP) is 1.63. The van der Waals surface area contributed by atoms with Crippen LogP contribution in [0.15, 0.2) is 35.9 Å². The van der Waals surface area contributed by atoms with Gasteiger partial charge in [-0.05, 0) is 11.6 Å². The molecule has 1 saturated heterocycles. The largest absolute Gasteiger partial charge is 0.312 e. The second kappa shape index (κ2) is 4.20. The zero-order valence-electron chi connectivity index (χ0n) is 7.99. The number of Topliss-reactive ketones (excluding diaryl/α,β-unsaturated/α-hetero) is 1. The van der Waals surface area contributed by atoms with Crippen molar-refractivity contribution in [3.05, 3.63) is 41.5 Å².